The molecule has 0 aliphatic carbocycles. The fourth-order valence-corrected chi connectivity index (χ4v) is 2.45. The Balaban J connectivity index is 1.74. The lowest BCUT2D eigenvalue weighted by atomic mass is 10.2. The van der Waals surface area contributed by atoms with Gasteiger partial charge in [-0.05, 0) is 30.3 Å². The Morgan fingerprint density at radius 1 is 1.20 bits per heavy atom. The first-order valence-corrected chi connectivity index (χ1v) is 7.26. The Kier molecular flexibility index (Phi) is 3.50. The SMILES string of the molecule is O=C(Nc1cc(F)ccc1F)c1cnn2c(-c3ccco3)ccnc12. The van der Waals surface area contributed by atoms with Gasteiger partial charge in [0.2, 0.25) is 0 Å². The molecule has 25 heavy (non-hydrogen) atoms. The maximum absolute atomic E-state index is 13.7. The van der Waals surface area contributed by atoms with Gasteiger partial charge in [-0.1, -0.05) is 0 Å². The number of aromatic nitrogens is 3. The zero-order valence-electron chi connectivity index (χ0n) is 12.6. The third-order valence-electron chi connectivity index (χ3n) is 3.60. The minimum atomic E-state index is -0.740. The minimum Gasteiger partial charge on any atom is -0.463 e. The van der Waals surface area contributed by atoms with Crippen LogP contribution in [0.1, 0.15) is 10.4 Å². The highest BCUT2D eigenvalue weighted by Gasteiger charge is 2.18. The van der Waals surface area contributed by atoms with Gasteiger partial charge >= 0.3 is 0 Å². The van der Waals surface area contributed by atoms with Gasteiger partial charge in [-0.3, -0.25) is 4.79 Å². The number of furan rings is 1. The molecule has 0 bridgehead atoms. The van der Waals surface area contributed by atoms with Crippen LogP contribution in [0.4, 0.5) is 14.5 Å². The first-order valence-electron chi connectivity index (χ1n) is 7.26. The highest BCUT2D eigenvalue weighted by molar-refractivity contribution is 6.08. The first-order chi connectivity index (χ1) is 12.1. The van der Waals surface area contributed by atoms with E-state index in [-0.39, 0.29) is 16.9 Å². The molecule has 0 saturated heterocycles. The minimum absolute atomic E-state index is 0.122. The van der Waals surface area contributed by atoms with Crippen LogP contribution in [0.25, 0.3) is 17.1 Å². The molecule has 1 amide bonds. The van der Waals surface area contributed by atoms with Crippen LogP contribution >= 0.6 is 0 Å². The quantitative estimate of drug-likeness (QED) is 0.619. The second-order valence-corrected chi connectivity index (χ2v) is 5.18. The number of amides is 1. The van der Waals surface area contributed by atoms with Crippen LogP contribution in [0.15, 0.2) is 59.5 Å². The van der Waals surface area contributed by atoms with Gasteiger partial charge in [-0.2, -0.15) is 5.10 Å². The molecule has 0 radical (unpaired) electrons. The van der Waals surface area contributed by atoms with E-state index in [2.05, 4.69) is 15.4 Å². The zero-order chi connectivity index (χ0) is 17.4. The fourth-order valence-electron chi connectivity index (χ4n) is 2.45. The van der Waals surface area contributed by atoms with Gasteiger partial charge in [0.15, 0.2) is 11.4 Å². The Hall–Kier alpha value is -3.55. The molecule has 1 aromatic carbocycles. The van der Waals surface area contributed by atoms with Crippen molar-refractivity contribution in [2.75, 3.05) is 5.32 Å². The average molecular weight is 340 g/mol. The summed E-state index contributed by atoms with van der Waals surface area (Å²) in [4.78, 5) is 16.6. The summed E-state index contributed by atoms with van der Waals surface area (Å²) in [5.74, 6) is -1.49. The standard InChI is InChI=1S/C17H10F2N4O2/c18-10-3-4-12(19)13(8-10)22-17(24)11-9-21-23-14(5-6-20-16(11)23)15-2-1-7-25-15/h1-9H,(H,22,24). The molecule has 0 fully saturated rings. The Morgan fingerprint density at radius 3 is 2.88 bits per heavy atom. The van der Waals surface area contributed by atoms with E-state index in [1.165, 1.54) is 23.2 Å². The van der Waals surface area contributed by atoms with Gasteiger partial charge in [-0.25, -0.2) is 18.3 Å². The number of benzene rings is 1. The molecule has 0 aliphatic rings. The molecule has 0 atom stereocenters. The third kappa shape index (κ3) is 2.63. The summed E-state index contributed by atoms with van der Waals surface area (Å²) in [6.45, 7) is 0. The number of nitrogens with zero attached hydrogens (tertiary/aromatic N) is 3. The summed E-state index contributed by atoms with van der Waals surface area (Å²) in [6, 6.07) is 7.98. The summed E-state index contributed by atoms with van der Waals surface area (Å²) in [6.07, 6.45) is 4.33. The lowest BCUT2D eigenvalue weighted by Crippen LogP contribution is -2.13. The molecule has 3 heterocycles. The van der Waals surface area contributed by atoms with Crippen LogP contribution in [-0.4, -0.2) is 20.5 Å². The number of hydrogen-bond acceptors (Lipinski definition) is 4. The number of anilines is 1. The van der Waals surface area contributed by atoms with Crippen molar-refractivity contribution in [1.82, 2.24) is 14.6 Å². The highest BCUT2D eigenvalue weighted by Crippen LogP contribution is 2.22. The third-order valence-corrected chi connectivity index (χ3v) is 3.60. The van der Waals surface area contributed by atoms with Crippen LogP contribution < -0.4 is 5.32 Å². The summed E-state index contributed by atoms with van der Waals surface area (Å²) in [7, 11) is 0. The van der Waals surface area contributed by atoms with Crippen molar-refractivity contribution in [3.05, 3.63) is 72.3 Å². The summed E-state index contributed by atoms with van der Waals surface area (Å²) >= 11 is 0. The van der Waals surface area contributed by atoms with Crippen molar-refractivity contribution in [2.45, 2.75) is 0 Å². The molecule has 0 saturated carbocycles. The largest absolute Gasteiger partial charge is 0.463 e. The Labute approximate surface area is 139 Å². The van der Waals surface area contributed by atoms with Crippen LogP contribution in [-0.2, 0) is 0 Å². The molecule has 4 rings (SSSR count). The average Bonchev–Trinajstić information content (AvgIpc) is 3.27. The monoisotopic (exact) mass is 340 g/mol. The van der Waals surface area contributed by atoms with Crippen LogP contribution in [0.3, 0.4) is 0 Å². The first kappa shape index (κ1) is 15.0. The van der Waals surface area contributed by atoms with E-state index in [4.69, 9.17) is 4.42 Å². The molecule has 8 heteroatoms. The fraction of sp³-hybridized carbons (Fsp3) is 0. The van der Waals surface area contributed by atoms with E-state index < -0.39 is 17.5 Å². The molecule has 0 unspecified atom stereocenters. The second-order valence-electron chi connectivity index (χ2n) is 5.18. The van der Waals surface area contributed by atoms with Gasteiger partial charge in [0.25, 0.3) is 5.91 Å². The Morgan fingerprint density at radius 2 is 2.08 bits per heavy atom. The predicted molar refractivity (Wildman–Crippen MR) is 85.0 cm³/mol. The number of nitrogens with one attached hydrogen (secondary N) is 1. The van der Waals surface area contributed by atoms with Crippen LogP contribution in [0.5, 0.6) is 0 Å². The second kappa shape index (κ2) is 5.82. The molecule has 3 aromatic heterocycles. The van der Waals surface area contributed by atoms with Crippen molar-refractivity contribution in [1.29, 1.82) is 0 Å². The maximum Gasteiger partial charge on any atom is 0.261 e. The van der Waals surface area contributed by atoms with Crippen molar-refractivity contribution in [2.24, 2.45) is 0 Å². The van der Waals surface area contributed by atoms with Crippen molar-refractivity contribution in [3.63, 3.8) is 0 Å². The predicted octanol–water partition coefficient (Wildman–Crippen LogP) is 3.52. The molecule has 0 spiro atoms. The molecular weight excluding hydrogens is 330 g/mol. The van der Waals surface area contributed by atoms with Gasteiger partial charge < -0.3 is 9.73 Å². The van der Waals surface area contributed by atoms with Gasteiger partial charge in [0.05, 0.1) is 18.1 Å². The smallest absolute Gasteiger partial charge is 0.261 e. The number of hydrogen-bond donors (Lipinski definition) is 1. The molecule has 0 aliphatic heterocycles. The molecule has 124 valence electrons. The molecule has 6 nitrogen and oxygen atoms in total. The van der Waals surface area contributed by atoms with Crippen molar-refractivity contribution < 1.29 is 18.0 Å². The number of fused-ring (bicyclic) bond motifs is 1. The number of halogens is 2. The lowest BCUT2D eigenvalue weighted by molar-refractivity contribution is 0.102. The van der Waals surface area contributed by atoms with E-state index in [0.717, 1.165) is 18.2 Å². The topological polar surface area (TPSA) is 72.4 Å². The van der Waals surface area contributed by atoms with Gasteiger partial charge in [0, 0.05) is 12.3 Å². The normalized spacial score (nSPS) is 11.0. The number of carbonyl (C=O) groups is 1. The van der Waals surface area contributed by atoms with E-state index in [9.17, 15) is 13.6 Å². The van der Waals surface area contributed by atoms with Gasteiger partial charge in [-0.15, -0.1) is 0 Å². The molecule has 1 N–H and O–H groups in total. The zero-order valence-corrected chi connectivity index (χ0v) is 12.6. The van der Waals surface area contributed by atoms with Gasteiger partial charge in [0.1, 0.15) is 22.9 Å². The summed E-state index contributed by atoms with van der Waals surface area (Å²) in [5, 5.41) is 6.47. The van der Waals surface area contributed by atoms with E-state index in [1.54, 1.807) is 18.2 Å². The van der Waals surface area contributed by atoms with E-state index >= 15 is 0 Å². The summed E-state index contributed by atoms with van der Waals surface area (Å²) < 4.78 is 33.7. The van der Waals surface area contributed by atoms with Crippen LogP contribution in [0.2, 0.25) is 0 Å². The summed E-state index contributed by atoms with van der Waals surface area (Å²) in [5.41, 5.74) is 0.734. The number of carbonyl (C=O) groups excluding carboxylic acids is 1. The lowest BCUT2D eigenvalue weighted by Gasteiger charge is -2.06. The highest BCUT2D eigenvalue weighted by atomic mass is 19.1. The molecule has 4 aromatic rings. The maximum atomic E-state index is 13.7. The Bertz CT molecular complexity index is 1070. The van der Waals surface area contributed by atoms with E-state index in [0.29, 0.717) is 11.5 Å². The van der Waals surface area contributed by atoms with Crippen molar-refractivity contribution in [3.8, 4) is 11.5 Å². The van der Waals surface area contributed by atoms with Crippen LogP contribution in [0, 0.1) is 11.6 Å². The number of rotatable bonds is 3. The molecular formula is C17H10F2N4O2. The van der Waals surface area contributed by atoms with Crippen molar-refractivity contribution >= 4 is 17.2 Å². The van der Waals surface area contributed by atoms with E-state index in [1.807, 2.05) is 0 Å².